The van der Waals surface area contributed by atoms with Crippen LogP contribution in [0.4, 0.5) is 5.69 Å². The van der Waals surface area contributed by atoms with E-state index in [1.165, 1.54) is 0 Å². The lowest BCUT2D eigenvalue weighted by atomic mass is 10.2. The fraction of sp³-hybridized carbons (Fsp3) is 0.0455. The van der Waals surface area contributed by atoms with Crippen molar-refractivity contribution in [2.24, 2.45) is 0 Å². The topological polar surface area (TPSA) is 73.3 Å². The highest BCUT2D eigenvalue weighted by molar-refractivity contribution is 6.35. The zero-order valence-electron chi connectivity index (χ0n) is 15.2. The second-order valence-electron chi connectivity index (χ2n) is 6.08. The van der Waals surface area contributed by atoms with Gasteiger partial charge in [-0.3, -0.25) is 9.78 Å². The molecule has 0 bridgehead atoms. The minimum Gasteiger partial charge on any atom is -0.484 e. The summed E-state index contributed by atoms with van der Waals surface area (Å²) in [5.74, 6) is 1.26. The van der Waals surface area contributed by atoms with Crippen LogP contribution in [-0.2, 0) is 4.79 Å². The largest absolute Gasteiger partial charge is 0.484 e. The predicted molar refractivity (Wildman–Crippen MR) is 112 cm³/mol. The number of carbonyl (C=O) groups excluding carboxylic acids is 1. The zero-order chi connectivity index (χ0) is 20.1. The Balaban J connectivity index is 1.40. The minimum atomic E-state index is -0.298. The van der Waals surface area contributed by atoms with Crippen LogP contribution in [0.3, 0.4) is 0 Å². The first-order chi connectivity index (χ1) is 14.2. The van der Waals surface area contributed by atoms with E-state index in [1.807, 2.05) is 18.2 Å². The van der Waals surface area contributed by atoms with E-state index in [0.717, 1.165) is 5.39 Å². The summed E-state index contributed by atoms with van der Waals surface area (Å²) in [5, 5.41) is 4.12. The Bertz CT molecular complexity index is 1150. The molecule has 2 heterocycles. The molecule has 0 radical (unpaired) electrons. The van der Waals surface area contributed by atoms with Crippen LogP contribution in [0.5, 0.6) is 17.4 Å². The van der Waals surface area contributed by atoms with Crippen molar-refractivity contribution < 1.29 is 14.3 Å². The van der Waals surface area contributed by atoms with Crippen molar-refractivity contribution in [3.63, 3.8) is 0 Å². The molecule has 4 rings (SSSR count). The van der Waals surface area contributed by atoms with Gasteiger partial charge < -0.3 is 14.8 Å². The number of aromatic nitrogens is 2. The Kier molecular flexibility index (Phi) is 5.54. The van der Waals surface area contributed by atoms with E-state index in [1.54, 1.807) is 60.9 Å². The molecule has 0 fully saturated rings. The van der Waals surface area contributed by atoms with Crippen LogP contribution in [-0.4, -0.2) is 22.5 Å². The SMILES string of the molecule is O=C(COc1cccc(Oc2ccccn2)c1)Nc1ccc(Cl)c2ncccc12. The smallest absolute Gasteiger partial charge is 0.262 e. The van der Waals surface area contributed by atoms with Gasteiger partial charge in [-0.05, 0) is 42.5 Å². The number of pyridine rings is 2. The van der Waals surface area contributed by atoms with Gasteiger partial charge in [-0.25, -0.2) is 4.98 Å². The van der Waals surface area contributed by atoms with Crippen molar-refractivity contribution >= 4 is 34.1 Å². The van der Waals surface area contributed by atoms with E-state index in [2.05, 4.69) is 15.3 Å². The van der Waals surface area contributed by atoms with E-state index in [4.69, 9.17) is 21.1 Å². The third-order valence-electron chi connectivity index (χ3n) is 4.03. The number of hydrogen-bond acceptors (Lipinski definition) is 5. The maximum Gasteiger partial charge on any atom is 0.262 e. The van der Waals surface area contributed by atoms with Crippen molar-refractivity contribution in [2.45, 2.75) is 0 Å². The number of carbonyl (C=O) groups is 1. The number of fused-ring (bicyclic) bond motifs is 1. The fourth-order valence-electron chi connectivity index (χ4n) is 2.74. The van der Waals surface area contributed by atoms with Crippen LogP contribution in [0.15, 0.2) is 79.1 Å². The van der Waals surface area contributed by atoms with E-state index >= 15 is 0 Å². The second-order valence-corrected chi connectivity index (χ2v) is 6.48. The van der Waals surface area contributed by atoms with Crippen LogP contribution >= 0.6 is 11.6 Å². The Morgan fingerprint density at radius 3 is 2.66 bits per heavy atom. The molecule has 0 saturated carbocycles. The summed E-state index contributed by atoms with van der Waals surface area (Å²) in [7, 11) is 0. The van der Waals surface area contributed by atoms with Gasteiger partial charge in [-0.1, -0.05) is 23.7 Å². The summed E-state index contributed by atoms with van der Waals surface area (Å²) < 4.78 is 11.3. The number of amides is 1. The number of hydrogen-bond donors (Lipinski definition) is 1. The van der Waals surface area contributed by atoms with Gasteiger partial charge in [0.1, 0.15) is 11.5 Å². The molecule has 0 spiro atoms. The highest BCUT2D eigenvalue weighted by Gasteiger charge is 2.10. The highest BCUT2D eigenvalue weighted by Crippen LogP contribution is 2.28. The summed E-state index contributed by atoms with van der Waals surface area (Å²) in [6, 6.07) is 19.5. The van der Waals surface area contributed by atoms with Crippen LogP contribution in [0, 0.1) is 0 Å². The quantitative estimate of drug-likeness (QED) is 0.483. The molecule has 144 valence electrons. The predicted octanol–water partition coefficient (Wildman–Crippen LogP) is 5.09. The Labute approximate surface area is 172 Å². The lowest BCUT2D eigenvalue weighted by molar-refractivity contribution is -0.118. The van der Waals surface area contributed by atoms with E-state index < -0.39 is 0 Å². The molecule has 1 N–H and O–H groups in total. The Hall–Kier alpha value is -3.64. The first-order valence-corrected chi connectivity index (χ1v) is 9.22. The van der Waals surface area contributed by atoms with Crippen molar-refractivity contribution in [1.82, 2.24) is 9.97 Å². The number of anilines is 1. The van der Waals surface area contributed by atoms with Gasteiger partial charge in [0.05, 0.1) is 16.2 Å². The monoisotopic (exact) mass is 405 g/mol. The molecule has 0 aliphatic rings. The number of benzene rings is 2. The van der Waals surface area contributed by atoms with E-state index in [9.17, 15) is 4.79 Å². The molecule has 2 aromatic carbocycles. The molecule has 4 aromatic rings. The third-order valence-corrected chi connectivity index (χ3v) is 4.34. The average molecular weight is 406 g/mol. The molecule has 0 saturated heterocycles. The fourth-order valence-corrected chi connectivity index (χ4v) is 2.95. The number of ether oxygens (including phenoxy) is 2. The van der Waals surface area contributed by atoms with Gasteiger partial charge >= 0.3 is 0 Å². The Morgan fingerprint density at radius 1 is 0.931 bits per heavy atom. The molecule has 2 aromatic heterocycles. The highest BCUT2D eigenvalue weighted by atomic mass is 35.5. The Morgan fingerprint density at radius 2 is 1.79 bits per heavy atom. The molecule has 6 nitrogen and oxygen atoms in total. The lowest BCUT2D eigenvalue weighted by Crippen LogP contribution is -2.20. The number of rotatable bonds is 6. The van der Waals surface area contributed by atoms with Gasteiger partial charge in [0.2, 0.25) is 5.88 Å². The summed E-state index contributed by atoms with van der Waals surface area (Å²) in [6.07, 6.45) is 3.30. The van der Waals surface area contributed by atoms with Gasteiger partial charge in [0.15, 0.2) is 6.61 Å². The van der Waals surface area contributed by atoms with Gasteiger partial charge in [-0.2, -0.15) is 0 Å². The van der Waals surface area contributed by atoms with Crippen molar-refractivity contribution in [3.05, 3.63) is 84.1 Å². The summed E-state index contributed by atoms with van der Waals surface area (Å²) in [5.41, 5.74) is 1.26. The van der Waals surface area contributed by atoms with Crippen molar-refractivity contribution in [3.8, 4) is 17.4 Å². The summed E-state index contributed by atoms with van der Waals surface area (Å²) in [4.78, 5) is 20.7. The van der Waals surface area contributed by atoms with Crippen LogP contribution in [0.2, 0.25) is 5.02 Å². The van der Waals surface area contributed by atoms with E-state index in [-0.39, 0.29) is 12.5 Å². The lowest BCUT2D eigenvalue weighted by Gasteiger charge is -2.11. The van der Waals surface area contributed by atoms with Crippen molar-refractivity contribution in [2.75, 3.05) is 11.9 Å². The zero-order valence-corrected chi connectivity index (χ0v) is 16.0. The van der Waals surface area contributed by atoms with E-state index in [0.29, 0.717) is 33.6 Å². The molecule has 0 aliphatic heterocycles. The normalized spacial score (nSPS) is 10.5. The van der Waals surface area contributed by atoms with Crippen LogP contribution in [0.25, 0.3) is 10.9 Å². The molecule has 7 heteroatoms. The number of nitrogens with one attached hydrogen (secondary N) is 1. The maximum absolute atomic E-state index is 12.4. The first kappa shape index (κ1) is 18.7. The van der Waals surface area contributed by atoms with Gasteiger partial charge in [-0.15, -0.1) is 0 Å². The van der Waals surface area contributed by atoms with Crippen molar-refractivity contribution in [1.29, 1.82) is 0 Å². The second kappa shape index (κ2) is 8.58. The molecule has 0 atom stereocenters. The number of nitrogens with zero attached hydrogens (tertiary/aromatic N) is 2. The molecular formula is C22H16ClN3O3. The standard InChI is InChI=1S/C22H16ClN3O3/c23-18-9-10-19(17-7-4-12-25-22(17)18)26-20(27)14-28-15-5-3-6-16(13-15)29-21-8-1-2-11-24-21/h1-13H,14H2,(H,26,27). The van der Waals surface area contributed by atoms with Crippen LogP contribution in [0.1, 0.15) is 0 Å². The van der Waals surface area contributed by atoms with Gasteiger partial charge in [0.25, 0.3) is 5.91 Å². The molecule has 29 heavy (non-hydrogen) atoms. The summed E-state index contributed by atoms with van der Waals surface area (Å²) in [6.45, 7) is -0.155. The maximum atomic E-state index is 12.4. The average Bonchev–Trinajstić information content (AvgIpc) is 2.75. The summed E-state index contributed by atoms with van der Waals surface area (Å²) >= 11 is 6.16. The molecule has 0 unspecified atom stereocenters. The number of halogens is 1. The first-order valence-electron chi connectivity index (χ1n) is 8.84. The van der Waals surface area contributed by atoms with Gasteiger partial charge in [0, 0.05) is 29.9 Å². The molecule has 0 aliphatic carbocycles. The molecule has 1 amide bonds. The minimum absolute atomic E-state index is 0.155. The third kappa shape index (κ3) is 4.62. The van der Waals surface area contributed by atoms with Crippen LogP contribution < -0.4 is 14.8 Å². The molecular weight excluding hydrogens is 390 g/mol.